The summed E-state index contributed by atoms with van der Waals surface area (Å²) >= 11 is 0. The summed E-state index contributed by atoms with van der Waals surface area (Å²) in [5.41, 5.74) is 3.91. The summed E-state index contributed by atoms with van der Waals surface area (Å²) in [6.45, 7) is 4.27. The summed E-state index contributed by atoms with van der Waals surface area (Å²) in [4.78, 5) is 12.4. The first-order valence-electron chi connectivity index (χ1n) is 8.46. The predicted octanol–water partition coefficient (Wildman–Crippen LogP) is 3.67. The third-order valence-corrected chi connectivity index (χ3v) is 4.52. The number of carbonyl (C=O) groups excluding carboxylic acids is 1. The lowest BCUT2D eigenvalue weighted by atomic mass is 10.1. The molecule has 0 bridgehead atoms. The minimum atomic E-state index is -0.0948. The van der Waals surface area contributed by atoms with Gasteiger partial charge in [-0.3, -0.25) is 4.79 Å². The maximum Gasteiger partial charge on any atom is 0.264 e. The zero-order chi connectivity index (χ0) is 17.4. The van der Waals surface area contributed by atoms with Gasteiger partial charge in [0.15, 0.2) is 0 Å². The fraction of sp³-hybridized carbons (Fsp3) is 0.316. The Balaban J connectivity index is 1.48. The standard InChI is InChI=1S/C19H20N4O2/c1-12-5-8-15(10-13(12)2)20-17(24)11-23-9-3-4-16(23)19-22-21-18(25-19)14-6-7-14/h3-5,8-10,14H,6-7,11H2,1-2H3,(H,20,24). The van der Waals surface area contributed by atoms with Crippen molar-refractivity contribution in [3.05, 3.63) is 53.5 Å². The van der Waals surface area contributed by atoms with Crippen molar-refractivity contribution in [2.45, 2.75) is 39.2 Å². The summed E-state index contributed by atoms with van der Waals surface area (Å²) in [5, 5.41) is 11.2. The molecule has 25 heavy (non-hydrogen) atoms. The molecule has 6 nitrogen and oxygen atoms in total. The van der Waals surface area contributed by atoms with Gasteiger partial charge in [0, 0.05) is 17.8 Å². The van der Waals surface area contributed by atoms with Crippen LogP contribution >= 0.6 is 0 Å². The first kappa shape index (κ1) is 15.6. The highest BCUT2D eigenvalue weighted by molar-refractivity contribution is 5.91. The number of carbonyl (C=O) groups is 1. The Labute approximate surface area is 145 Å². The zero-order valence-corrected chi connectivity index (χ0v) is 14.3. The molecule has 1 amide bonds. The zero-order valence-electron chi connectivity index (χ0n) is 14.3. The summed E-state index contributed by atoms with van der Waals surface area (Å²) in [6, 6.07) is 9.65. The van der Waals surface area contributed by atoms with Crippen molar-refractivity contribution in [3.63, 3.8) is 0 Å². The number of nitrogens with zero attached hydrogens (tertiary/aromatic N) is 3. The van der Waals surface area contributed by atoms with E-state index in [-0.39, 0.29) is 12.5 Å². The minimum Gasteiger partial charge on any atom is -0.419 e. The van der Waals surface area contributed by atoms with Gasteiger partial charge in [-0.05, 0) is 62.1 Å². The van der Waals surface area contributed by atoms with E-state index in [0.717, 1.165) is 29.8 Å². The molecule has 128 valence electrons. The molecule has 4 rings (SSSR count). The van der Waals surface area contributed by atoms with Crippen LogP contribution < -0.4 is 5.32 Å². The van der Waals surface area contributed by atoms with Crippen LogP contribution in [0.3, 0.4) is 0 Å². The maximum atomic E-state index is 12.4. The van der Waals surface area contributed by atoms with Crippen molar-refractivity contribution < 1.29 is 9.21 Å². The lowest BCUT2D eigenvalue weighted by Gasteiger charge is -2.09. The highest BCUT2D eigenvalue weighted by atomic mass is 16.4. The van der Waals surface area contributed by atoms with Crippen molar-refractivity contribution in [2.24, 2.45) is 0 Å². The normalized spacial score (nSPS) is 13.8. The number of aryl methyl sites for hydroxylation is 2. The molecule has 0 spiro atoms. The number of amides is 1. The fourth-order valence-electron chi connectivity index (χ4n) is 2.75. The van der Waals surface area contributed by atoms with Crippen LogP contribution in [-0.4, -0.2) is 20.7 Å². The Morgan fingerprint density at radius 1 is 1.24 bits per heavy atom. The van der Waals surface area contributed by atoms with Gasteiger partial charge in [0.25, 0.3) is 5.89 Å². The van der Waals surface area contributed by atoms with E-state index in [2.05, 4.69) is 15.5 Å². The molecule has 1 N–H and O–H groups in total. The van der Waals surface area contributed by atoms with E-state index in [4.69, 9.17) is 4.42 Å². The lowest BCUT2D eigenvalue weighted by Crippen LogP contribution is -2.18. The Morgan fingerprint density at radius 3 is 2.84 bits per heavy atom. The average Bonchev–Trinajstić information content (AvgIpc) is 3.13. The molecule has 0 radical (unpaired) electrons. The quantitative estimate of drug-likeness (QED) is 0.771. The highest BCUT2D eigenvalue weighted by Crippen LogP contribution is 2.39. The van der Waals surface area contributed by atoms with Crippen LogP contribution in [0.4, 0.5) is 5.69 Å². The van der Waals surface area contributed by atoms with Gasteiger partial charge in [0.2, 0.25) is 11.8 Å². The Kier molecular flexibility index (Phi) is 3.87. The molecule has 1 aromatic carbocycles. The summed E-state index contributed by atoms with van der Waals surface area (Å²) in [5.74, 6) is 1.48. The monoisotopic (exact) mass is 336 g/mol. The molecular weight excluding hydrogens is 316 g/mol. The molecule has 1 saturated carbocycles. The largest absolute Gasteiger partial charge is 0.419 e. The van der Waals surface area contributed by atoms with E-state index < -0.39 is 0 Å². The van der Waals surface area contributed by atoms with E-state index >= 15 is 0 Å². The van der Waals surface area contributed by atoms with Crippen LogP contribution in [0, 0.1) is 13.8 Å². The third-order valence-electron chi connectivity index (χ3n) is 4.52. The lowest BCUT2D eigenvalue weighted by molar-refractivity contribution is -0.116. The number of anilines is 1. The number of hydrogen-bond donors (Lipinski definition) is 1. The van der Waals surface area contributed by atoms with Crippen LogP contribution in [0.1, 0.15) is 35.8 Å². The summed E-state index contributed by atoms with van der Waals surface area (Å²) < 4.78 is 7.57. The van der Waals surface area contributed by atoms with Gasteiger partial charge < -0.3 is 14.3 Å². The van der Waals surface area contributed by atoms with Crippen molar-refractivity contribution in [1.82, 2.24) is 14.8 Å². The minimum absolute atomic E-state index is 0.0948. The van der Waals surface area contributed by atoms with Crippen molar-refractivity contribution in [2.75, 3.05) is 5.32 Å². The molecule has 0 unspecified atom stereocenters. The second-order valence-corrected chi connectivity index (χ2v) is 6.59. The van der Waals surface area contributed by atoms with Gasteiger partial charge in [0.1, 0.15) is 12.2 Å². The Hall–Kier alpha value is -2.89. The first-order valence-corrected chi connectivity index (χ1v) is 8.46. The molecule has 3 aromatic rings. The van der Waals surface area contributed by atoms with Crippen LogP contribution in [0.5, 0.6) is 0 Å². The third kappa shape index (κ3) is 3.33. The molecule has 1 fully saturated rings. The molecule has 2 heterocycles. The first-order chi connectivity index (χ1) is 12.1. The summed E-state index contributed by atoms with van der Waals surface area (Å²) in [7, 11) is 0. The molecule has 1 aliphatic carbocycles. The highest BCUT2D eigenvalue weighted by Gasteiger charge is 2.29. The maximum absolute atomic E-state index is 12.4. The van der Waals surface area contributed by atoms with Crippen molar-refractivity contribution >= 4 is 11.6 Å². The van der Waals surface area contributed by atoms with E-state index in [9.17, 15) is 4.79 Å². The number of rotatable bonds is 5. The van der Waals surface area contributed by atoms with Crippen molar-refractivity contribution in [3.8, 4) is 11.6 Å². The summed E-state index contributed by atoms with van der Waals surface area (Å²) in [6.07, 6.45) is 4.07. The van der Waals surface area contributed by atoms with Crippen LogP contribution in [0.2, 0.25) is 0 Å². The van der Waals surface area contributed by atoms with Crippen LogP contribution in [0.15, 0.2) is 40.9 Å². The molecule has 0 saturated heterocycles. The van der Waals surface area contributed by atoms with Gasteiger partial charge in [-0.25, -0.2) is 0 Å². The number of hydrogen-bond acceptors (Lipinski definition) is 4. The molecule has 0 atom stereocenters. The topological polar surface area (TPSA) is 73.0 Å². The Morgan fingerprint density at radius 2 is 2.08 bits per heavy atom. The molecule has 1 aliphatic rings. The SMILES string of the molecule is Cc1ccc(NC(=O)Cn2cccc2-c2nnc(C3CC3)o2)cc1C. The van der Waals surface area contributed by atoms with Crippen LogP contribution in [-0.2, 0) is 11.3 Å². The number of aromatic nitrogens is 3. The second kappa shape index (κ2) is 6.20. The van der Waals surface area contributed by atoms with E-state index in [0.29, 0.717) is 17.7 Å². The second-order valence-electron chi connectivity index (χ2n) is 6.59. The van der Waals surface area contributed by atoms with Gasteiger partial charge in [-0.15, -0.1) is 10.2 Å². The van der Waals surface area contributed by atoms with Gasteiger partial charge in [0.05, 0.1) is 0 Å². The molecule has 0 aliphatic heterocycles. The average molecular weight is 336 g/mol. The van der Waals surface area contributed by atoms with E-state index in [1.165, 1.54) is 5.56 Å². The van der Waals surface area contributed by atoms with Gasteiger partial charge in [-0.1, -0.05) is 6.07 Å². The molecular formula is C19H20N4O2. The predicted molar refractivity (Wildman–Crippen MR) is 94.2 cm³/mol. The van der Waals surface area contributed by atoms with Gasteiger partial charge >= 0.3 is 0 Å². The van der Waals surface area contributed by atoms with Crippen LogP contribution in [0.25, 0.3) is 11.6 Å². The fourth-order valence-corrected chi connectivity index (χ4v) is 2.75. The van der Waals surface area contributed by atoms with E-state index in [1.807, 2.05) is 54.9 Å². The number of nitrogens with one attached hydrogen (secondary N) is 1. The Bertz CT molecular complexity index is 921. The van der Waals surface area contributed by atoms with Crippen molar-refractivity contribution in [1.29, 1.82) is 0 Å². The molecule has 2 aromatic heterocycles. The van der Waals surface area contributed by atoms with Gasteiger partial charge in [-0.2, -0.15) is 0 Å². The molecule has 6 heteroatoms. The number of benzene rings is 1. The smallest absolute Gasteiger partial charge is 0.264 e. The van der Waals surface area contributed by atoms with E-state index in [1.54, 1.807) is 0 Å².